The van der Waals surface area contributed by atoms with Crippen LogP contribution in [0.3, 0.4) is 0 Å². The average Bonchev–Trinajstić information content (AvgIpc) is 2.74. The Bertz CT molecular complexity index is 1180. The molecule has 3 rings (SSSR count). The number of aromatic nitrogens is 2. The number of ether oxygens (including phenoxy) is 1. The monoisotopic (exact) mass is 428 g/mol. The second-order valence-electron chi connectivity index (χ2n) is 6.30. The Balaban J connectivity index is 1.88. The van der Waals surface area contributed by atoms with Gasteiger partial charge in [0, 0.05) is 6.20 Å². The maximum Gasteiger partial charge on any atom is 0.422 e. The molecule has 3 aromatic rings. The summed E-state index contributed by atoms with van der Waals surface area (Å²) in [5, 5.41) is 11.2. The standard InChI is InChI=1S/C21H15F3N4O3/c22-21(23,24)13-31-18-6-2-1-5-17(18)28-11-3-4-16(20(28)30)19(29)27-15-8-7-14(9-10-25)26-12-15/h1-8,11-12H,9,13H2,(H,27,29). The lowest BCUT2D eigenvalue weighted by Gasteiger charge is -2.15. The van der Waals surface area contributed by atoms with Crippen LogP contribution in [0.4, 0.5) is 18.9 Å². The number of anilines is 1. The molecule has 31 heavy (non-hydrogen) atoms. The van der Waals surface area contributed by atoms with E-state index in [2.05, 4.69) is 10.3 Å². The molecule has 0 aliphatic carbocycles. The van der Waals surface area contributed by atoms with Crippen molar-refractivity contribution < 1.29 is 22.7 Å². The van der Waals surface area contributed by atoms with Crippen LogP contribution < -0.4 is 15.6 Å². The van der Waals surface area contributed by atoms with E-state index < -0.39 is 24.2 Å². The third kappa shape index (κ3) is 5.48. The summed E-state index contributed by atoms with van der Waals surface area (Å²) < 4.78 is 43.5. The van der Waals surface area contributed by atoms with Crippen molar-refractivity contribution in [3.05, 3.63) is 82.5 Å². The molecule has 1 aromatic carbocycles. The predicted octanol–water partition coefficient (Wildman–Crippen LogP) is 3.49. The van der Waals surface area contributed by atoms with E-state index in [1.165, 1.54) is 48.8 Å². The zero-order valence-electron chi connectivity index (χ0n) is 15.9. The Hall–Kier alpha value is -4.13. The van der Waals surface area contributed by atoms with Gasteiger partial charge in [0.15, 0.2) is 6.61 Å². The van der Waals surface area contributed by atoms with Crippen molar-refractivity contribution in [3.63, 3.8) is 0 Å². The average molecular weight is 428 g/mol. The Morgan fingerprint density at radius 2 is 1.94 bits per heavy atom. The number of halogens is 3. The highest BCUT2D eigenvalue weighted by molar-refractivity contribution is 6.03. The lowest BCUT2D eigenvalue weighted by atomic mass is 10.2. The van der Waals surface area contributed by atoms with Gasteiger partial charge in [0.2, 0.25) is 0 Å². The van der Waals surface area contributed by atoms with Gasteiger partial charge in [-0.2, -0.15) is 18.4 Å². The Labute approximate surface area is 174 Å². The number of hydrogen-bond acceptors (Lipinski definition) is 5. The van der Waals surface area contributed by atoms with Gasteiger partial charge in [-0.15, -0.1) is 0 Å². The van der Waals surface area contributed by atoms with Crippen LogP contribution in [0.25, 0.3) is 5.69 Å². The number of benzene rings is 1. The fraction of sp³-hybridized carbons (Fsp3) is 0.143. The first-order valence-corrected chi connectivity index (χ1v) is 8.92. The van der Waals surface area contributed by atoms with Crippen molar-refractivity contribution in [1.82, 2.24) is 9.55 Å². The summed E-state index contributed by atoms with van der Waals surface area (Å²) in [5.41, 5.74) is -0.0614. The molecule has 0 fully saturated rings. The molecular formula is C21H15F3N4O3. The summed E-state index contributed by atoms with van der Waals surface area (Å²) in [6.45, 7) is -1.52. The molecule has 0 atom stereocenters. The van der Waals surface area contributed by atoms with Crippen LogP contribution in [-0.4, -0.2) is 28.2 Å². The first-order valence-electron chi connectivity index (χ1n) is 8.92. The van der Waals surface area contributed by atoms with E-state index in [9.17, 15) is 22.8 Å². The Morgan fingerprint density at radius 3 is 2.61 bits per heavy atom. The van der Waals surface area contributed by atoms with Crippen molar-refractivity contribution in [1.29, 1.82) is 5.26 Å². The van der Waals surface area contributed by atoms with Crippen LogP contribution in [0.15, 0.2) is 65.7 Å². The number of para-hydroxylation sites is 2. The van der Waals surface area contributed by atoms with Gasteiger partial charge < -0.3 is 10.1 Å². The van der Waals surface area contributed by atoms with E-state index in [4.69, 9.17) is 10.00 Å². The first kappa shape index (κ1) is 21.6. The molecule has 0 bridgehead atoms. The van der Waals surface area contributed by atoms with Gasteiger partial charge in [-0.1, -0.05) is 12.1 Å². The minimum Gasteiger partial charge on any atom is -0.482 e. The number of pyridine rings is 2. The van der Waals surface area contributed by atoms with Crippen molar-refractivity contribution in [2.45, 2.75) is 12.6 Å². The van der Waals surface area contributed by atoms with Crippen LogP contribution in [0.1, 0.15) is 16.1 Å². The summed E-state index contributed by atoms with van der Waals surface area (Å²) in [4.78, 5) is 29.5. The van der Waals surface area contributed by atoms with Crippen LogP contribution in [0.2, 0.25) is 0 Å². The van der Waals surface area contributed by atoms with Crippen LogP contribution in [0, 0.1) is 11.3 Å². The highest BCUT2D eigenvalue weighted by Gasteiger charge is 2.29. The molecule has 0 saturated carbocycles. The summed E-state index contributed by atoms with van der Waals surface area (Å²) in [5.74, 6) is -0.875. The van der Waals surface area contributed by atoms with Gasteiger partial charge in [0.05, 0.1) is 35.8 Å². The van der Waals surface area contributed by atoms with E-state index in [1.807, 2.05) is 6.07 Å². The van der Waals surface area contributed by atoms with E-state index in [0.29, 0.717) is 11.4 Å². The second kappa shape index (κ2) is 9.13. The van der Waals surface area contributed by atoms with Gasteiger partial charge in [-0.3, -0.25) is 19.1 Å². The third-order valence-corrected chi connectivity index (χ3v) is 4.05. The zero-order chi connectivity index (χ0) is 22.4. The summed E-state index contributed by atoms with van der Waals surface area (Å²) >= 11 is 0. The summed E-state index contributed by atoms with van der Waals surface area (Å²) in [7, 11) is 0. The Morgan fingerprint density at radius 1 is 1.16 bits per heavy atom. The fourth-order valence-electron chi connectivity index (χ4n) is 2.68. The van der Waals surface area contributed by atoms with Gasteiger partial charge in [0.25, 0.3) is 11.5 Å². The van der Waals surface area contributed by atoms with E-state index in [-0.39, 0.29) is 23.4 Å². The smallest absolute Gasteiger partial charge is 0.422 e. The zero-order valence-corrected chi connectivity index (χ0v) is 15.9. The topological polar surface area (TPSA) is 97.0 Å². The number of carbonyl (C=O) groups excluding carboxylic acids is 1. The normalized spacial score (nSPS) is 10.9. The summed E-state index contributed by atoms with van der Waals surface area (Å²) in [6.07, 6.45) is -1.75. The van der Waals surface area contributed by atoms with Crippen molar-refractivity contribution in [2.75, 3.05) is 11.9 Å². The largest absolute Gasteiger partial charge is 0.482 e. The SMILES string of the molecule is N#CCc1ccc(NC(=O)c2cccn(-c3ccccc3OCC(F)(F)F)c2=O)cn1. The number of nitrogens with one attached hydrogen (secondary N) is 1. The molecule has 1 N–H and O–H groups in total. The number of carbonyl (C=O) groups is 1. The third-order valence-electron chi connectivity index (χ3n) is 4.05. The number of hydrogen-bond donors (Lipinski definition) is 1. The Kier molecular flexibility index (Phi) is 6.35. The lowest BCUT2D eigenvalue weighted by molar-refractivity contribution is -0.153. The molecule has 0 aliphatic heterocycles. The summed E-state index contributed by atoms with van der Waals surface area (Å²) in [6, 6.07) is 13.5. The lowest BCUT2D eigenvalue weighted by Crippen LogP contribution is -2.28. The number of amides is 1. The van der Waals surface area contributed by atoms with E-state index in [0.717, 1.165) is 4.57 Å². The van der Waals surface area contributed by atoms with Crippen molar-refractivity contribution >= 4 is 11.6 Å². The molecule has 2 heterocycles. The number of alkyl halides is 3. The van der Waals surface area contributed by atoms with Crippen LogP contribution in [-0.2, 0) is 6.42 Å². The van der Waals surface area contributed by atoms with E-state index >= 15 is 0 Å². The quantitative estimate of drug-likeness (QED) is 0.648. The molecule has 158 valence electrons. The highest BCUT2D eigenvalue weighted by atomic mass is 19.4. The molecule has 7 nitrogen and oxygen atoms in total. The molecule has 10 heteroatoms. The molecule has 0 saturated heterocycles. The maximum atomic E-state index is 12.9. The first-order chi connectivity index (χ1) is 14.8. The minimum atomic E-state index is -4.55. The van der Waals surface area contributed by atoms with Crippen molar-refractivity contribution in [3.8, 4) is 17.5 Å². The molecule has 1 amide bonds. The predicted molar refractivity (Wildman–Crippen MR) is 105 cm³/mol. The van der Waals surface area contributed by atoms with E-state index in [1.54, 1.807) is 12.1 Å². The molecule has 0 aliphatic rings. The van der Waals surface area contributed by atoms with Gasteiger partial charge in [-0.25, -0.2) is 0 Å². The number of nitrogens with zero attached hydrogens (tertiary/aromatic N) is 3. The molecule has 0 unspecified atom stereocenters. The fourth-order valence-corrected chi connectivity index (χ4v) is 2.68. The van der Waals surface area contributed by atoms with Gasteiger partial charge >= 0.3 is 6.18 Å². The van der Waals surface area contributed by atoms with Gasteiger partial charge in [0.1, 0.15) is 11.3 Å². The van der Waals surface area contributed by atoms with Gasteiger partial charge in [-0.05, 0) is 36.4 Å². The maximum absolute atomic E-state index is 12.9. The second-order valence-corrected chi connectivity index (χ2v) is 6.30. The van der Waals surface area contributed by atoms with Crippen LogP contribution >= 0.6 is 0 Å². The molecule has 0 radical (unpaired) electrons. The molecule has 0 spiro atoms. The van der Waals surface area contributed by atoms with Crippen molar-refractivity contribution in [2.24, 2.45) is 0 Å². The van der Waals surface area contributed by atoms with Crippen LogP contribution in [0.5, 0.6) is 5.75 Å². The number of rotatable bonds is 6. The molecular weight excluding hydrogens is 413 g/mol. The molecule has 2 aromatic heterocycles. The number of nitriles is 1. The minimum absolute atomic E-state index is 0.0638. The highest BCUT2D eigenvalue weighted by Crippen LogP contribution is 2.24.